The lowest BCUT2D eigenvalue weighted by atomic mass is 10.1. The van der Waals surface area contributed by atoms with E-state index in [0.717, 1.165) is 17.7 Å². The highest BCUT2D eigenvalue weighted by Gasteiger charge is 2.11. The number of hydrogen-bond acceptors (Lipinski definition) is 4. The van der Waals surface area contributed by atoms with Gasteiger partial charge in [-0.05, 0) is 32.0 Å². The maximum absolute atomic E-state index is 11.9. The third-order valence-electron chi connectivity index (χ3n) is 2.60. The maximum atomic E-state index is 11.9. The van der Waals surface area contributed by atoms with E-state index >= 15 is 0 Å². The van der Waals surface area contributed by atoms with Crippen LogP contribution in [0, 0.1) is 0 Å². The summed E-state index contributed by atoms with van der Waals surface area (Å²) in [5, 5.41) is 3.04. The van der Waals surface area contributed by atoms with Gasteiger partial charge in [0.25, 0.3) is 0 Å². The highest BCUT2D eigenvalue weighted by molar-refractivity contribution is 7.88. The zero-order valence-electron chi connectivity index (χ0n) is 12.3. The van der Waals surface area contributed by atoms with E-state index < -0.39 is 10.0 Å². The first-order valence-electron chi connectivity index (χ1n) is 6.74. The van der Waals surface area contributed by atoms with Crippen LogP contribution in [0.25, 0.3) is 0 Å². The van der Waals surface area contributed by atoms with Gasteiger partial charge in [-0.15, -0.1) is 0 Å². The Bertz CT molecular complexity index is 501. The van der Waals surface area contributed by atoms with E-state index in [4.69, 9.17) is 4.74 Å². The monoisotopic (exact) mass is 300 g/mol. The van der Waals surface area contributed by atoms with E-state index in [-0.39, 0.29) is 11.9 Å². The molecule has 0 aliphatic rings. The van der Waals surface area contributed by atoms with Gasteiger partial charge < -0.3 is 10.1 Å². The first-order valence-corrected chi connectivity index (χ1v) is 8.39. The lowest BCUT2D eigenvalue weighted by Gasteiger charge is -2.10. The summed E-state index contributed by atoms with van der Waals surface area (Å²) in [6.45, 7) is 5.25. The van der Waals surface area contributed by atoms with Crippen molar-refractivity contribution in [2.75, 3.05) is 20.2 Å². The molecule has 0 saturated heterocycles. The number of sulfonamides is 1. The quantitative estimate of drug-likeness (QED) is 0.674. The van der Waals surface area contributed by atoms with E-state index in [1.54, 1.807) is 0 Å². The van der Waals surface area contributed by atoms with Crippen LogP contribution < -0.4 is 10.0 Å². The van der Waals surface area contributed by atoms with Crippen LogP contribution in [-0.2, 0) is 27.1 Å². The molecule has 0 aliphatic heterocycles. The van der Waals surface area contributed by atoms with Crippen LogP contribution in [0.15, 0.2) is 24.3 Å². The van der Waals surface area contributed by atoms with Crippen molar-refractivity contribution in [3.63, 3.8) is 0 Å². The molecule has 0 aliphatic carbocycles. The van der Waals surface area contributed by atoms with Gasteiger partial charge in [-0.25, -0.2) is 13.1 Å². The Kier molecular flexibility index (Phi) is 7.15. The fourth-order valence-electron chi connectivity index (χ4n) is 1.80. The molecule has 20 heavy (non-hydrogen) atoms. The van der Waals surface area contributed by atoms with E-state index in [9.17, 15) is 8.42 Å². The zero-order valence-corrected chi connectivity index (χ0v) is 13.2. The van der Waals surface area contributed by atoms with Gasteiger partial charge in [-0.3, -0.25) is 0 Å². The molecular weight excluding hydrogens is 276 g/mol. The normalized spacial score (nSPS) is 12.0. The van der Waals surface area contributed by atoms with Crippen LogP contribution in [-0.4, -0.2) is 34.7 Å². The molecule has 0 spiro atoms. The Morgan fingerprint density at radius 3 is 2.60 bits per heavy atom. The van der Waals surface area contributed by atoms with Crippen LogP contribution in [0.3, 0.4) is 0 Å². The molecule has 0 heterocycles. The highest BCUT2D eigenvalue weighted by Crippen LogP contribution is 2.08. The second kappa shape index (κ2) is 8.36. The Balaban J connectivity index is 2.51. The molecule has 1 aromatic rings. The maximum Gasteiger partial charge on any atom is 0.215 e. The number of rotatable bonds is 9. The van der Waals surface area contributed by atoms with Crippen LogP contribution in [0.5, 0.6) is 0 Å². The minimum absolute atomic E-state index is 0.00771. The molecular formula is C14H24N2O3S. The number of benzene rings is 1. The minimum atomic E-state index is -3.31. The summed E-state index contributed by atoms with van der Waals surface area (Å²) in [6.07, 6.45) is 0.109. The predicted molar refractivity (Wildman–Crippen MR) is 80.9 cm³/mol. The van der Waals surface area contributed by atoms with E-state index in [2.05, 4.69) is 10.0 Å². The number of hydrogen-bond donors (Lipinski definition) is 2. The van der Waals surface area contributed by atoms with Crippen LogP contribution in [0.4, 0.5) is 0 Å². The Morgan fingerprint density at radius 1 is 1.25 bits per heavy atom. The van der Waals surface area contributed by atoms with Gasteiger partial charge in [-0.2, -0.15) is 0 Å². The second-order valence-electron chi connectivity index (χ2n) is 4.92. The van der Waals surface area contributed by atoms with Crippen molar-refractivity contribution in [2.24, 2.45) is 0 Å². The van der Waals surface area contributed by atoms with Crippen LogP contribution in [0.1, 0.15) is 25.0 Å². The molecule has 1 rings (SSSR count). The molecule has 0 unspecified atom stereocenters. The molecule has 0 radical (unpaired) electrons. The van der Waals surface area contributed by atoms with Gasteiger partial charge in [0.15, 0.2) is 0 Å². The number of nitrogens with one attached hydrogen (secondary N) is 2. The molecule has 0 amide bonds. The topological polar surface area (TPSA) is 67.4 Å². The summed E-state index contributed by atoms with van der Waals surface area (Å²) in [5.41, 5.74) is 1.86. The van der Waals surface area contributed by atoms with Crippen LogP contribution in [0.2, 0.25) is 0 Å². The third kappa shape index (κ3) is 7.00. The van der Waals surface area contributed by atoms with Crippen molar-refractivity contribution < 1.29 is 13.2 Å². The molecule has 0 atom stereocenters. The van der Waals surface area contributed by atoms with Gasteiger partial charge in [0.05, 0.1) is 18.5 Å². The van der Waals surface area contributed by atoms with Crippen molar-refractivity contribution >= 4 is 10.0 Å². The van der Waals surface area contributed by atoms with Gasteiger partial charge >= 0.3 is 0 Å². The zero-order chi connectivity index (χ0) is 15.0. The lowest BCUT2D eigenvalue weighted by molar-refractivity contribution is 0.0834. The third-order valence-corrected chi connectivity index (χ3v) is 3.96. The molecule has 5 nitrogen and oxygen atoms in total. The van der Waals surface area contributed by atoms with Crippen molar-refractivity contribution in [3.05, 3.63) is 35.4 Å². The molecule has 1 aromatic carbocycles. The molecule has 0 saturated carbocycles. The summed E-state index contributed by atoms with van der Waals surface area (Å²) < 4.78 is 31.7. The molecule has 114 valence electrons. The van der Waals surface area contributed by atoms with Gasteiger partial charge in [0.2, 0.25) is 10.0 Å². The highest BCUT2D eigenvalue weighted by atomic mass is 32.2. The van der Waals surface area contributed by atoms with Gasteiger partial charge in [-0.1, -0.05) is 24.3 Å². The molecule has 2 N–H and O–H groups in total. The molecule has 0 bridgehead atoms. The molecule has 0 fully saturated rings. The summed E-state index contributed by atoms with van der Waals surface area (Å²) in [5.74, 6) is -0.00771. The van der Waals surface area contributed by atoms with E-state index in [1.165, 1.54) is 0 Å². The van der Waals surface area contributed by atoms with Crippen molar-refractivity contribution in [1.82, 2.24) is 10.0 Å². The van der Waals surface area contributed by atoms with Gasteiger partial charge in [0.1, 0.15) is 0 Å². The van der Waals surface area contributed by atoms with E-state index in [1.807, 2.05) is 45.2 Å². The van der Waals surface area contributed by atoms with Crippen molar-refractivity contribution in [2.45, 2.75) is 32.2 Å². The number of ether oxygens (including phenoxy) is 1. The fraction of sp³-hybridized carbons (Fsp3) is 0.571. The van der Waals surface area contributed by atoms with Gasteiger partial charge in [0, 0.05) is 13.1 Å². The minimum Gasteiger partial charge on any atom is -0.377 e. The smallest absolute Gasteiger partial charge is 0.215 e. The summed E-state index contributed by atoms with van der Waals surface area (Å²) in [6, 6.07) is 7.57. The Labute approximate surface area is 121 Å². The first kappa shape index (κ1) is 17.1. The fourth-order valence-corrected chi connectivity index (χ4v) is 2.91. The Hall–Kier alpha value is -0.950. The summed E-state index contributed by atoms with van der Waals surface area (Å²) in [4.78, 5) is 0. The summed E-state index contributed by atoms with van der Waals surface area (Å²) >= 11 is 0. The van der Waals surface area contributed by atoms with Crippen molar-refractivity contribution in [3.8, 4) is 0 Å². The average Bonchev–Trinajstić information content (AvgIpc) is 2.35. The average molecular weight is 300 g/mol. The second-order valence-corrected chi connectivity index (χ2v) is 6.73. The first-order chi connectivity index (χ1) is 9.43. The van der Waals surface area contributed by atoms with Crippen LogP contribution >= 0.6 is 0 Å². The lowest BCUT2D eigenvalue weighted by Crippen LogP contribution is -2.29. The predicted octanol–water partition coefficient (Wildman–Crippen LogP) is 1.25. The molecule has 0 aromatic heterocycles. The molecule has 6 heteroatoms. The summed E-state index contributed by atoms with van der Waals surface area (Å²) in [7, 11) is -1.45. The SMILES string of the molecule is CNCc1cccc(CS(=O)(=O)NCCOC(C)C)c1. The largest absolute Gasteiger partial charge is 0.377 e. The van der Waals surface area contributed by atoms with Crippen molar-refractivity contribution in [1.29, 1.82) is 0 Å². The standard InChI is InChI=1S/C14H24N2O3S/c1-12(2)19-8-7-16-20(17,18)11-14-6-4-5-13(9-14)10-15-3/h4-6,9,12,15-16H,7-8,10-11H2,1-3H3. The Morgan fingerprint density at radius 2 is 1.95 bits per heavy atom. The van der Waals surface area contributed by atoms with E-state index in [0.29, 0.717) is 13.2 Å².